The van der Waals surface area contributed by atoms with E-state index in [1.165, 1.54) is 22.3 Å². The molecule has 0 aromatic heterocycles. The Bertz CT molecular complexity index is 460. The second kappa shape index (κ2) is 6.05. The van der Waals surface area contributed by atoms with Crippen molar-refractivity contribution >= 4 is 0 Å². The number of hydrogen-bond donors (Lipinski definition) is 0. The third-order valence-electron chi connectivity index (χ3n) is 2.72. The molecule has 0 spiro atoms. The number of allylic oxidation sites excluding steroid dienone is 1. The van der Waals surface area contributed by atoms with Crippen LogP contribution in [0.15, 0.2) is 61.2 Å². The molecule has 88 valence electrons. The van der Waals surface area contributed by atoms with Crippen molar-refractivity contribution in [2.75, 3.05) is 0 Å². The second-order valence-electron chi connectivity index (χ2n) is 4.06. The number of rotatable bonds is 3. The first kappa shape index (κ1) is 13.2. The molecule has 2 aromatic carbocycles. The van der Waals surface area contributed by atoms with Crippen molar-refractivity contribution in [1.82, 2.24) is 0 Å². The van der Waals surface area contributed by atoms with Crippen LogP contribution in [0.3, 0.4) is 0 Å². The van der Waals surface area contributed by atoms with E-state index < -0.39 is 0 Å². The van der Waals surface area contributed by atoms with Crippen LogP contribution in [-0.4, -0.2) is 0 Å². The first-order valence-corrected chi connectivity index (χ1v) is 5.56. The summed E-state index contributed by atoms with van der Waals surface area (Å²) in [4.78, 5) is 0. The van der Waals surface area contributed by atoms with E-state index in [1.807, 2.05) is 6.08 Å². The van der Waals surface area contributed by atoms with E-state index in [4.69, 9.17) is 0 Å². The summed E-state index contributed by atoms with van der Waals surface area (Å²) in [5.41, 5.74) is 5.15. The lowest BCUT2D eigenvalue weighted by atomic mass is 10.0. The highest BCUT2D eigenvalue weighted by molar-refractivity contribution is 5.63. The average Bonchev–Trinajstić information content (AvgIpc) is 2.32. The Morgan fingerprint density at radius 2 is 1.35 bits per heavy atom. The van der Waals surface area contributed by atoms with E-state index >= 15 is 0 Å². The van der Waals surface area contributed by atoms with Crippen LogP contribution in [-0.2, 0) is 6.42 Å². The van der Waals surface area contributed by atoms with E-state index in [-0.39, 0.29) is 7.43 Å². The number of hydrogen-bond acceptors (Lipinski definition) is 0. The summed E-state index contributed by atoms with van der Waals surface area (Å²) >= 11 is 0. The van der Waals surface area contributed by atoms with Gasteiger partial charge in [0.1, 0.15) is 0 Å². The van der Waals surface area contributed by atoms with Gasteiger partial charge in [-0.2, -0.15) is 0 Å². The maximum absolute atomic E-state index is 3.75. The van der Waals surface area contributed by atoms with Crippen LogP contribution in [0.25, 0.3) is 11.1 Å². The topological polar surface area (TPSA) is 0 Å². The van der Waals surface area contributed by atoms with Gasteiger partial charge >= 0.3 is 0 Å². The highest BCUT2D eigenvalue weighted by Crippen LogP contribution is 2.20. The lowest BCUT2D eigenvalue weighted by Crippen LogP contribution is -1.82. The largest absolute Gasteiger partial charge is 0.103 e. The van der Waals surface area contributed by atoms with Crippen LogP contribution in [0, 0.1) is 6.92 Å². The fraction of sp³-hybridized carbons (Fsp3) is 0.176. The summed E-state index contributed by atoms with van der Waals surface area (Å²) in [5.74, 6) is 0. The maximum atomic E-state index is 3.75. The number of benzene rings is 2. The molecule has 0 heteroatoms. The third-order valence-corrected chi connectivity index (χ3v) is 2.72. The van der Waals surface area contributed by atoms with Gasteiger partial charge in [0.15, 0.2) is 0 Å². The quantitative estimate of drug-likeness (QED) is 0.642. The predicted molar refractivity (Wildman–Crippen MR) is 77.2 cm³/mol. The van der Waals surface area contributed by atoms with Crippen LogP contribution in [0.2, 0.25) is 0 Å². The predicted octanol–water partition coefficient (Wildman–Crippen LogP) is 5.03. The minimum Gasteiger partial charge on any atom is -0.103 e. The van der Waals surface area contributed by atoms with Crippen LogP contribution in [0.5, 0.6) is 0 Å². The van der Waals surface area contributed by atoms with Gasteiger partial charge in [-0.3, -0.25) is 0 Å². The van der Waals surface area contributed by atoms with Crippen molar-refractivity contribution in [3.05, 3.63) is 72.3 Å². The Morgan fingerprint density at radius 1 is 0.882 bits per heavy atom. The van der Waals surface area contributed by atoms with E-state index in [2.05, 4.69) is 62.0 Å². The fourth-order valence-electron chi connectivity index (χ4n) is 1.75. The molecule has 2 rings (SSSR count). The highest BCUT2D eigenvalue weighted by atomic mass is 14.0. The van der Waals surface area contributed by atoms with Gasteiger partial charge in [0.2, 0.25) is 0 Å². The van der Waals surface area contributed by atoms with Gasteiger partial charge in [-0.1, -0.05) is 67.6 Å². The first-order chi connectivity index (χ1) is 7.79. The van der Waals surface area contributed by atoms with Gasteiger partial charge in [-0.15, -0.1) is 6.58 Å². The summed E-state index contributed by atoms with van der Waals surface area (Å²) in [6, 6.07) is 17.3. The van der Waals surface area contributed by atoms with Gasteiger partial charge in [-0.05, 0) is 30.0 Å². The molecule has 2 aromatic rings. The zero-order valence-corrected chi connectivity index (χ0v) is 9.61. The van der Waals surface area contributed by atoms with Crippen molar-refractivity contribution in [2.45, 2.75) is 20.8 Å². The van der Waals surface area contributed by atoms with Crippen molar-refractivity contribution in [2.24, 2.45) is 0 Å². The standard InChI is InChI=1S/C16H16.CH4/c1-3-4-14-7-11-16(12-8-14)15-9-5-13(2)6-10-15;/h3,5-12H,1,4H2,2H3;1H4. The van der Waals surface area contributed by atoms with E-state index in [0.29, 0.717) is 0 Å². The number of aryl methyl sites for hydroxylation is 1. The fourth-order valence-corrected chi connectivity index (χ4v) is 1.75. The van der Waals surface area contributed by atoms with Crippen molar-refractivity contribution in [1.29, 1.82) is 0 Å². The highest BCUT2D eigenvalue weighted by Gasteiger charge is 1.96. The molecule has 17 heavy (non-hydrogen) atoms. The van der Waals surface area contributed by atoms with Gasteiger partial charge < -0.3 is 0 Å². The normalized spacial score (nSPS) is 9.47. The monoisotopic (exact) mass is 224 g/mol. The van der Waals surface area contributed by atoms with E-state index in [0.717, 1.165) is 6.42 Å². The van der Waals surface area contributed by atoms with Gasteiger partial charge in [0.25, 0.3) is 0 Å². The molecule has 0 unspecified atom stereocenters. The van der Waals surface area contributed by atoms with E-state index in [9.17, 15) is 0 Å². The molecule has 0 saturated carbocycles. The molecule has 0 heterocycles. The van der Waals surface area contributed by atoms with Crippen molar-refractivity contribution < 1.29 is 0 Å². The maximum Gasteiger partial charge on any atom is -0.0100 e. The summed E-state index contributed by atoms with van der Waals surface area (Å²) in [5, 5.41) is 0. The first-order valence-electron chi connectivity index (χ1n) is 5.56. The molecule has 0 N–H and O–H groups in total. The molecule has 0 aliphatic carbocycles. The molecule has 0 fully saturated rings. The van der Waals surface area contributed by atoms with Crippen LogP contribution in [0.4, 0.5) is 0 Å². The van der Waals surface area contributed by atoms with Gasteiger partial charge in [0, 0.05) is 0 Å². The van der Waals surface area contributed by atoms with E-state index in [1.54, 1.807) is 0 Å². The molecule has 0 radical (unpaired) electrons. The summed E-state index contributed by atoms with van der Waals surface area (Å²) < 4.78 is 0. The SMILES string of the molecule is C.C=CCc1ccc(-c2ccc(C)cc2)cc1. The lowest BCUT2D eigenvalue weighted by Gasteiger charge is -2.03. The summed E-state index contributed by atoms with van der Waals surface area (Å²) in [6.07, 6.45) is 2.87. The molecular formula is C17H20. The zero-order chi connectivity index (χ0) is 11.4. The summed E-state index contributed by atoms with van der Waals surface area (Å²) in [7, 11) is 0. The lowest BCUT2D eigenvalue weighted by molar-refractivity contribution is 1.28. The minimum absolute atomic E-state index is 0. The van der Waals surface area contributed by atoms with Crippen molar-refractivity contribution in [3.63, 3.8) is 0 Å². The molecule has 0 atom stereocenters. The van der Waals surface area contributed by atoms with Crippen molar-refractivity contribution in [3.8, 4) is 11.1 Å². The third kappa shape index (κ3) is 3.32. The summed E-state index contributed by atoms with van der Waals surface area (Å²) in [6.45, 7) is 5.85. The van der Waals surface area contributed by atoms with Crippen LogP contribution >= 0.6 is 0 Å². The molecule has 0 saturated heterocycles. The molecule has 0 aliphatic rings. The Labute approximate surface area is 105 Å². The van der Waals surface area contributed by atoms with Crippen LogP contribution in [0.1, 0.15) is 18.6 Å². The van der Waals surface area contributed by atoms with Gasteiger partial charge in [0.05, 0.1) is 0 Å². The average molecular weight is 224 g/mol. The van der Waals surface area contributed by atoms with Gasteiger partial charge in [-0.25, -0.2) is 0 Å². The Kier molecular flexibility index (Phi) is 4.71. The second-order valence-corrected chi connectivity index (χ2v) is 4.06. The molecule has 0 nitrogen and oxygen atoms in total. The molecular weight excluding hydrogens is 204 g/mol. The molecule has 0 aliphatic heterocycles. The molecule has 0 bridgehead atoms. The Hall–Kier alpha value is -1.82. The smallest absolute Gasteiger partial charge is 0.0100 e. The zero-order valence-electron chi connectivity index (χ0n) is 9.61. The molecule has 0 amide bonds. The Balaban J connectivity index is 0.00000144. The van der Waals surface area contributed by atoms with Crippen LogP contribution < -0.4 is 0 Å². The Morgan fingerprint density at radius 3 is 1.82 bits per heavy atom. The minimum atomic E-state index is 0.